The van der Waals surface area contributed by atoms with E-state index in [0.717, 1.165) is 26.1 Å². The number of hydrogen-bond donors (Lipinski definition) is 1. The molecule has 0 aliphatic carbocycles. The summed E-state index contributed by atoms with van der Waals surface area (Å²) in [7, 11) is 0. The molecular formula is C17H19N3O. The number of amides is 1. The molecule has 2 aromatic rings. The Bertz CT molecular complexity index is 585. The number of pyridine rings is 1. The predicted octanol–water partition coefficient (Wildman–Crippen LogP) is 1.74. The molecule has 1 N–H and O–H groups in total. The van der Waals surface area contributed by atoms with Crippen molar-refractivity contribution in [1.82, 2.24) is 15.2 Å². The number of piperazine rings is 1. The van der Waals surface area contributed by atoms with Gasteiger partial charge in [0.25, 0.3) is 5.91 Å². The Morgan fingerprint density at radius 3 is 2.76 bits per heavy atom. The third-order valence-corrected chi connectivity index (χ3v) is 3.81. The van der Waals surface area contributed by atoms with Gasteiger partial charge in [-0.15, -0.1) is 0 Å². The molecule has 0 radical (unpaired) electrons. The van der Waals surface area contributed by atoms with E-state index in [1.54, 1.807) is 12.3 Å². The summed E-state index contributed by atoms with van der Waals surface area (Å²) in [6.45, 7) is 2.39. The van der Waals surface area contributed by atoms with Crippen molar-refractivity contribution in [2.24, 2.45) is 0 Å². The van der Waals surface area contributed by atoms with Gasteiger partial charge in [0, 0.05) is 31.9 Å². The molecule has 1 aliphatic rings. The van der Waals surface area contributed by atoms with Crippen LogP contribution in [0.5, 0.6) is 0 Å². The molecule has 0 saturated carbocycles. The van der Waals surface area contributed by atoms with Crippen molar-refractivity contribution in [2.45, 2.75) is 12.5 Å². The zero-order valence-corrected chi connectivity index (χ0v) is 11.9. The first kappa shape index (κ1) is 13.8. The molecule has 1 aliphatic heterocycles. The number of nitrogens with one attached hydrogen (secondary N) is 1. The highest BCUT2D eigenvalue weighted by atomic mass is 16.2. The summed E-state index contributed by atoms with van der Waals surface area (Å²) >= 11 is 0. The first-order valence-electron chi connectivity index (χ1n) is 7.31. The second-order valence-electron chi connectivity index (χ2n) is 5.26. The summed E-state index contributed by atoms with van der Waals surface area (Å²) in [6, 6.07) is 16.0. The van der Waals surface area contributed by atoms with Crippen LogP contribution in [0, 0.1) is 0 Å². The summed E-state index contributed by atoms with van der Waals surface area (Å²) in [4.78, 5) is 18.8. The molecule has 4 heteroatoms. The maximum atomic E-state index is 12.6. The smallest absolute Gasteiger partial charge is 0.272 e. The molecule has 2 heterocycles. The van der Waals surface area contributed by atoms with E-state index in [-0.39, 0.29) is 11.9 Å². The Morgan fingerprint density at radius 2 is 2.00 bits per heavy atom. The lowest BCUT2D eigenvalue weighted by Gasteiger charge is -2.36. The van der Waals surface area contributed by atoms with Crippen LogP contribution in [0.4, 0.5) is 0 Å². The molecule has 0 spiro atoms. The van der Waals surface area contributed by atoms with Crippen LogP contribution in [0.3, 0.4) is 0 Å². The van der Waals surface area contributed by atoms with Crippen molar-refractivity contribution in [3.05, 3.63) is 66.0 Å². The van der Waals surface area contributed by atoms with Gasteiger partial charge in [0.15, 0.2) is 0 Å². The maximum Gasteiger partial charge on any atom is 0.272 e. The normalized spacial score (nSPS) is 18.5. The molecule has 0 bridgehead atoms. The quantitative estimate of drug-likeness (QED) is 0.932. The van der Waals surface area contributed by atoms with Crippen LogP contribution in [0.25, 0.3) is 0 Å². The van der Waals surface area contributed by atoms with E-state index in [1.807, 2.05) is 35.2 Å². The second-order valence-corrected chi connectivity index (χ2v) is 5.26. The van der Waals surface area contributed by atoms with E-state index in [2.05, 4.69) is 22.4 Å². The van der Waals surface area contributed by atoms with Gasteiger partial charge in [-0.05, 0) is 24.1 Å². The predicted molar refractivity (Wildman–Crippen MR) is 82.1 cm³/mol. The number of nitrogens with zero attached hydrogens (tertiary/aromatic N) is 2. The van der Waals surface area contributed by atoms with Gasteiger partial charge in [0.2, 0.25) is 0 Å². The van der Waals surface area contributed by atoms with Gasteiger partial charge < -0.3 is 10.2 Å². The summed E-state index contributed by atoms with van der Waals surface area (Å²) in [6.07, 6.45) is 2.54. The molecule has 1 fully saturated rings. The van der Waals surface area contributed by atoms with Crippen LogP contribution in [0.15, 0.2) is 54.7 Å². The number of benzene rings is 1. The number of rotatable bonds is 3. The highest BCUT2D eigenvalue weighted by Crippen LogP contribution is 2.14. The minimum atomic E-state index is 0.0260. The largest absolute Gasteiger partial charge is 0.331 e. The fourth-order valence-electron chi connectivity index (χ4n) is 2.73. The third kappa shape index (κ3) is 3.28. The second kappa shape index (κ2) is 6.50. The van der Waals surface area contributed by atoms with Crippen molar-refractivity contribution in [1.29, 1.82) is 0 Å². The average Bonchev–Trinajstić information content (AvgIpc) is 2.56. The minimum absolute atomic E-state index is 0.0260. The van der Waals surface area contributed by atoms with Crippen LogP contribution in [0.2, 0.25) is 0 Å². The lowest BCUT2D eigenvalue weighted by Crippen LogP contribution is -2.54. The lowest BCUT2D eigenvalue weighted by molar-refractivity contribution is 0.0630. The SMILES string of the molecule is O=C(c1ccccn1)N1CCNCC1Cc1ccccc1. The number of aromatic nitrogens is 1. The molecular weight excluding hydrogens is 262 g/mol. The van der Waals surface area contributed by atoms with Gasteiger partial charge in [-0.25, -0.2) is 0 Å². The molecule has 1 amide bonds. The van der Waals surface area contributed by atoms with Gasteiger partial charge in [0.1, 0.15) is 5.69 Å². The first-order chi connectivity index (χ1) is 10.3. The van der Waals surface area contributed by atoms with E-state index in [0.29, 0.717) is 5.69 Å². The van der Waals surface area contributed by atoms with Crippen molar-refractivity contribution in [3.8, 4) is 0 Å². The van der Waals surface area contributed by atoms with Gasteiger partial charge in [0.05, 0.1) is 0 Å². The Morgan fingerprint density at radius 1 is 1.19 bits per heavy atom. The number of carbonyl (C=O) groups excluding carboxylic acids is 1. The highest BCUT2D eigenvalue weighted by molar-refractivity contribution is 5.92. The van der Waals surface area contributed by atoms with Gasteiger partial charge >= 0.3 is 0 Å². The van der Waals surface area contributed by atoms with Gasteiger partial charge in [-0.3, -0.25) is 9.78 Å². The Hall–Kier alpha value is -2.20. The third-order valence-electron chi connectivity index (χ3n) is 3.81. The van der Waals surface area contributed by atoms with Crippen LogP contribution in [-0.2, 0) is 6.42 Å². The van der Waals surface area contributed by atoms with Crippen LogP contribution >= 0.6 is 0 Å². The van der Waals surface area contributed by atoms with Crippen molar-refractivity contribution >= 4 is 5.91 Å². The Labute approximate surface area is 124 Å². The summed E-state index contributed by atoms with van der Waals surface area (Å²) in [5.74, 6) is 0.0260. The fraction of sp³-hybridized carbons (Fsp3) is 0.294. The molecule has 3 rings (SSSR count). The standard InChI is InChI=1S/C17H19N3O/c21-17(16-8-4-5-9-19-16)20-11-10-18-13-15(20)12-14-6-2-1-3-7-14/h1-9,15,18H,10-13H2. The van der Waals surface area contributed by atoms with E-state index in [9.17, 15) is 4.79 Å². The summed E-state index contributed by atoms with van der Waals surface area (Å²) < 4.78 is 0. The van der Waals surface area contributed by atoms with E-state index in [1.165, 1.54) is 5.56 Å². The molecule has 4 nitrogen and oxygen atoms in total. The van der Waals surface area contributed by atoms with Crippen molar-refractivity contribution in [3.63, 3.8) is 0 Å². The molecule has 1 atom stereocenters. The molecule has 1 unspecified atom stereocenters. The Balaban J connectivity index is 1.77. The molecule has 21 heavy (non-hydrogen) atoms. The molecule has 1 aromatic heterocycles. The topological polar surface area (TPSA) is 45.2 Å². The highest BCUT2D eigenvalue weighted by Gasteiger charge is 2.27. The van der Waals surface area contributed by atoms with Crippen LogP contribution in [-0.4, -0.2) is 41.5 Å². The van der Waals surface area contributed by atoms with E-state index < -0.39 is 0 Å². The van der Waals surface area contributed by atoms with Crippen molar-refractivity contribution in [2.75, 3.05) is 19.6 Å². The molecule has 1 aromatic carbocycles. The van der Waals surface area contributed by atoms with Gasteiger partial charge in [-0.1, -0.05) is 36.4 Å². The summed E-state index contributed by atoms with van der Waals surface area (Å²) in [5, 5.41) is 3.38. The number of hydrogen-bond acceptors (Lipinski definition) is 3. The maximum absolute atomic E-state index is 12.6. The lowest BCUT2D eigenvalue weighted by atomic mass is 10.0. The minimum Gasteiger partial charge on any atom is -0.331 e. The molecule has 108 valence electrons. The molecule has 1 saturated heterocycles. The van der Waals surface area contributed by atoms with E-state index >= 15 is 0 Å². The van der Waals surface area contributed by atoms with Crippen LogP contribution < -0.4 is 5.32 Å². The van der Waals surface area contributed by atoms with E-state index in [4.69, 9.17) is 0 Å². The average molecular weight is 281 g/mol. The zero-order chi connectivity index (χ0) is 14.5. The zero-order valence-electron chi connectivity index (χ0n) is 11.9. The monoisotopic (exact) mass is 281 g/mol. The van der Waals surface area contributed by atoms with Crippen molar-refractivity contribution < 1.29 is 4.79 Å². The number of carbonyl (C=O) groups is 1. The van der Waals surface area contributed by atoms with Gasteiger partial charge in [-0.2, -0.15) is 0 Å². The van der Waals surface area contributed by atoms with Crippen LogP contribution in [0.1, 0.15) is 16.1 Å². The fourth-order valence-corrected chi connectivity index (χ4v) is 2.73. The first-order valence-corrected chi connectivity index (χ1v) is 7.31. The Kier molecular flexibility index (Phi) is 4.26. The summed E-state index contributed by atoms with van der Waals surface area (Å²) in [5.41, 5.74) is 1.78.